The highest BCUT2D eigenvalue weighted by atomic mass is 15.1. The summed E-state index contributed by atoms with van der Waals surface area (Å²) >= 11 is 0. The van der Waals surface area contributed by atoms with Crippen LogP contribution in [0.4, 0.5) is 0 Å². The van der Waals surface area contributed by atoms with Crippen LogP contribution in [0.25, 0.3) is 0 Å². The Morgan fingerprint density at radius 2 is 1.69 bits per heavy atom. The Hall–Kier alpha value is -1.19. The molecular formula is C12H24N4. The van der Waals surface area contributed by atoms with Gasteiger partial charge in [-0.1, -0.05) is 26.2 Å². The molecule has 0 aliphatic heterocycles. The number of hydrogen-bond donors (Lipinski definition) is 1. The summed E-state index contributed by atoms with van der Waals surface area (Å²) in [6, 6.07) is 0. The molecule has 0 aromatic rings. The summed E-state index contributed by atoms with van der Waals surface area (Å²) in [6.07, 6.45) is 4.79. The average molecular weight is 224 g/mol. The quantitative estimate of drug-likeness (QED) is 0.435. The van der Waals surface area contributed by atoms with Crippen LogP contribution < -0.4 is 5.73 Å². The molecule has 4 heteroatoms. The number of guanidine groups is 1. The first kappa shape index (κ1) is 14.8. The minimum Gasteiger partial charge on any atom is -0.368 e. The zero-order valence-corrected chi connectivity index (χ0v) is 11.0. The maximum absolute atomic E-state index is 5.66. The highest BCUT2D eigenvalue weighted by Crippen LogP contribution is 1.98. The summed E-state index contributed by atoms with van der Waals surface area (Å²) in [6.45, 7) is 8.63. The molecule has 0 fully saturated rings. The second-order valence-electron chi connectivity index (χ2n) is 4.02. The largest absolute Gasteiger partial charge is 0.368 e. The Kier molecular flexibility index (Phi) is 8.39. The van der Waals surface area contributed by atoms with Gasteiger partial charge in [0.05, 0.1) is 0 Å². The van der Waals surface area contributed by atoms with Crippen molar-refractivity contribution < 1.29 is 0 Å². The average Bonchev–Trinajstić information content (AvgIpc) is 2.15. The van der Waals surface area contributed by atoms with Crippen LogP contribution >= 0.6 is 0 Å². The lowest BCUT2D eigenvalue weighted by Crippen LogP contribution is -2.11. The van der Waals surface area contributed by atoms with Crippen molar-refractivity contribution in [3.63, 3.8) is 0 Å². The summed E-state index contributed by atoms with van der Waals surface area (Å²) in [5.74, 6) is 0.994. The predicted octanol–water partition coefficient (Wildman–Crippen LogP) is 2.78. The number of amidine groups is 1. The van der Waals surface area contributed by atoms with E-state index < -0.39 is 0 Å². The minimum absolute atomic E-state index is 0.332. The van der Waals surface area contributed by atoms with Crippen molar-refractivity contribution in [1.82, 2.24) is 0 Å². The molecular weight excluding hydrogens is 200 g/mol. The van der Waals surface area contributed by atoms with E-state index in [0.29, 0.717) is 11.8 Å². The van der Waals surface area contributed by atoms with Crippen molar-refractivity contribution in [1.29, 1.82) is 0 Å². The monoisotopic (exact) mass is 224 g/mol. The Balaban J connectivity index is 3.99. The van der Waals surface area contributed by atoms with Crippen molar-refractivity contribution in [3.05, 3.63) is 0 Å². The van der Waals surface area contributed by atoms with Gasteiger partial charge in [0.25, 0.3) is 0 Å². The number of unbranched alkanes of at least 4 members (excludes halogenated alkanes) is 3. The Morgan fingerprint density at radius 1 is 1.00 bits per heavy atom. The molecule has 0 radical (unpaired) electrons. The molecule has 0 rings (SSSR count). The number of nitrogens with zero attached hydrogens (tertiary/aromatic N) is 3. The van der Waals surface area contributed by atoms with E-state index in [9.17, 15) is 0 Å². The first-order valence-electron chi connectivity index (χ1n) is 5.93. The predicted molar refractivity (Wildman–Crippen MR) is 72.5 cm³/mol. The van der Waals surface area contributed by atoms with E-state index in [1.807, 2.05) is 20.8 Å². The van der Waals surface area contributed by atoms with Gasteiger partial charge in [0.1, 0.15) is 5.84 Å². The van der Waals surface area contributed by atoms with Crippen LogP contribution in [-0.2, 0) is 0 Å². The molecule has 0 bridgehead atoms. The van der Waals surface area contributed by atoms with Crippen LogP contribution in [-0.4, -0.2) is 24.1 Å². The Bertz CT molecular complexity index is 273. The fourth-order valence-corrected chi connectivity index (χ4v) is 1.28. The highest BCUT2D eigenvalue weighted by molar-refractivity contribution is 6.00. The molecule has 0 atom stereocenters. The summed E-state index contributed by atoms with van der Waals surface area (Å²) < 4.78 is 0. The van der Waals surface area contributed by atoms with Crippen LogP contribution in [0, 0.1) is 0 Å². The zero-order valence-electron chi connectivity index (χ0n) is 11.0. The molecule has 4 nitrogen and oxygen atoms in total. The van der Waals surface area contributed by atoms with Gasteiger partial charge >= 0.3 is 0 Å². The van der Waals surface area contributed by atoms with Gasteiger partial charge in [-0.15, -0.1) is 0 Å². The van der Waals surface area contributed by atoms with Crippen molar-refractivity contribution in [2.75, 3.05) is 6.54 Å². The molecule has 0 unspecified atom stereocenters. The second kappa shape index (κ2) is 9.07. The Labute approximate surface area is 98.8 Å². The minimum atomic E-state index is 0.332. The van der Waals surface area contributed by atoms with Crippen molar-refractivity contribution in [3.8, 4) is 0 Å². The van der Waals surface area contributed by atoms with Gasteiger partial charge in [-0.2, -0.15) is 4.99 Å². The standard InChI is InChI=1S/C12H24N4/c1-5-6-7-8-9-14-12(13)16-11(4)15-10(2)3/h5-9H2,1-4H3,(H2,13,14)/b16-11-. The summed E-state index contributed by atoms with van der Waals surface area (Å²) in [5, 5.41) is 0. The van der Waals surface area contributed by atoms with Gasteiger partial charge in [-0.05, 0) is 27.2 Å². The number of nitrogens with two attached hydrogens (primary N) is 1. The van der Waals surface area contributed by atoms with Crippen LogP contribution in [0.15, 0.2) is 15.0 Å². The van der Waals surface area contributed by atoms with Crippen LogP contribution in [0.1, 0.15) is 53.4 Å². The molecule has 2 N–H and O–H groups in total. The third kappa shape index (κ3) is 9.37. The van der Waals surface area contributed by atoms with Crippen molar-refractivity contribution in [2.45, 2.75) is 53.4 Å². The number of hydrogen-bond acceptors (Lipinski definition) is 1. The molecule has 0 aromatic carbocycles. The van der Waals surface area contributed by atoms with E-state index in [4.69, 9.17) is 5.73 Å². The fraction of sp³-hybridized carbons (Fsp3) is 0.750. The summed E-state index contributed by atoms with van der Waals surface area (Å²) in [5.41, 5.74) is 6.63. The maximum atomic E-state index is 5.66. The summed E-state index contributed by atoms with van der Waals surface area (Å²) in [7, 11) is 0. The van der Waals surface area contributed by atoms with Gasteiger partial charge in [0, 0.05) is 12.3 Å². The summed E-state index contributed by atoms with van der Waals surface area (Å²) in [4.78, 5) is 12.5. The molecule has 0 saturated carbocycles. The molecule has 92 valence electrons. The second-order valence-corrected chi connectivity index (χ2v) is 4.02. The van der Waals surface area contributed by atoms with Crippen LogP contribution in [0.2, 0.25) is 0 Å². The van der Waals surface area contributed by atoms with E-state index in [0.717, 1.165) is 18.7 Å². The molecule has 16 heavy (non-hydrogen) atoms. The lowest BCUT2D eigenvalue weighted by molar-refractivity contribution is 0.674. The van der Waals surface area contributed by atoms with Crippen molar-refractivity contribution >= 4 is 17.5 Å². The lowest BCUT2D eigenvalue weighted by Gasteiger charge is -1.97. The highest BCUT2D eigenvalue weighted by Gasteiger charge is 1.91. The molecule has 0 saturated heterocycles. The SMILES string of the molecule is CCCCCCN=C(N)/N=C(/C)N=C(C)C. The smallest absolute Gasteiger partial charge is 0.217 e. The van der Waals surface area contributed by atoms with Gasteiger partial charge in [-0.3, -0.25) is 4.99 Å². The molecule has 0 aromatic heterocycles. The number of aliphatic imine (C=N–C) groups is 3. The van der Waals surface area contributed by atoms with E-state index in [1.165, 1.54) is 19.3 Å². The van der Waals surface area contributed by atoms with Gasteiger partial charge in [-0.25, -0.2) is 4.99 Å². The molecule has 0 spiro atoms. The van der Waals surface area contributed by atoms with Gasteiger partial charge < -0.3 is 5.73 Å². The maximum Gasteiger partial charge on any atom is 0.217 e. The van der Waals surface area contributed by atoms with E-state index in [2.05, 4.69) is 21.9 Å². The third-order valence-corrected chi connectivity index (χ3v) is 1.95. The van der Waals surface area contributed by atoms with Gasteiger partial charge in [0.15, 0.2) is 0 Å². The molecule has 0 aliphatic rings. The third-order valence-electron chi connectivity index (χ3n) is 1.95. The molecule has 0 aliphatic carbocycles. The lowest BCUT2D eigenvalue weighted by atomic mass is 10.2. The molecule has 0 heterocycles. The number of rotatable bonds is 5. The first-order valence-corrected chi connectivity index (χ1v) is 5.93. The van der Waals surface area contributed by atoms with Crippen LogP contribution in [0.5, 0.6) is 0 Å². The normalized spacial score (nSPS) is 12.8. The van der Waals surface area contributed by atoms with E-state index in [-0.39, 0.29) is 0 Å². The molecule has 0 amide bonds. The van der Waals surface area contributed by atoms with E-state index >= 15 is 0 Å². The van der Waals surface area contributed by atoms with E-state index in [1.54, 1.807) is 0 Å². The zero-order chi connectivity index (χ0) is 12.4. The fourth-order valence-electron chi connectivity index (χ4n) is 1.28. The topological polar surface area (TPSA) is 63.1 Å². The van der Waals surface area contributed by atoms with Gasteiger partial charge in [0.2, 0.25) is 5.96 Å². The van der Waals surface area contributed by atoms with Crippen LogP contribution in [0.3, 0.4) is 0 Å². The van der Waals surface area contributed by atoms with Crippen molar-refractivity contribution in [2.24, 2.45) is 20.7 Å². The first-order chi connectivity index (χ1) is 7.56. The Morgan fingerprint density at radius 3 is 2.25 bits per heavy atom.